The van der Waals surface area contributed by atoms with Crippen LogP contribution in [0.3, 0.4) is 0 Å². The Labute approximate surface area is 105 Å². The lowest BCUT2D eigenvalue weighted by atomic mass is 10.3. The maximum absolute atomic E-state index is 5.71. The molecule has 2 aromatic rings. The molecule has 0 bridgehead atoms. The maximum Gasteiger partial charge on any atom is 0.233 e. The van der Waals surface area contributed by atoms with E-state index in [-0.39, 0.29) is 0 Å². The Morgan fingerprint density at radius 2 is 1.56 bits per heavy atom. The lowest BCUT2D eigenvalue weighted by molar-refractivity contribution is 1.05. The van der Waals surface area contributed by atoms with E-state index in [1.165, 1.54) is 0 Å². The molecule has 18 heavy (non-hydrogen) atoms. The van der Waals surface area contributed by atoms with Crippen LogP contribution >= 0.6 is 0 Å². The first kappa shape index (κ1) is 11.9. The average Bonchev–Trinajstić information content (AvgIpc) is 2.38. The molecule has 1 aromatic heterocycles. The van der Waals surface area contributed by atoms with Crippen molar-refractivity contribution < 1.29 is 0 Å². The minimum absolute atomic E-state index is 0.448. The van der Waals surface area contributed by atoms with Crippen molar-refractivity contribution in [3.63, 3.8) is 0 Å². The second-order valence-electron chi connectivity index (χ2n) is 3.56. The van der Waals surface area contributed by atoms with Crippen molar-refractivity contribution in [2.24, 2.45) is 0 Å². The van der Waals surface area contributed by atoms with Gasteiger partial charge < -0.3 is 21.7 Å². The highest BCUT2D eigenvalue weighted by Gasteiger charge is 2.04. The van der Waals surface area contributed by atoms with Gasteiger partial charge >= 0.3 is 0 Å². The Balaban J connectivity index is 2.28. The van der Waals surface area contributed by atoms with Crippen molar-refractivity contribution in [1.82, 2.24) is 15.0 Å². The van der Waals surface area contributed by atoms with Crippen LogP contribution in [0.15, 0.2) is 24.3 Å². The predicted octanol–water partition coefficient (Wildman–Crippen LogP) is 1.28. The van der Waals surface area contributed by atoms with Gasteiger partial charge in [0.15, 0.2) is 0 Å². The number of nitrogens with one attached hydrogen (secondary N) is 3. The lowest BCUT2D eigenvalue weighted by Crippen LogP contribution is -2.07. The molecule has 0 aliphatic carbocycles. The molecular formula is C11H15N7. The molecule has 0 saturated carbocycles. The molecular weight excluding hydrogens is 230 g/mol. The summed E-state index contributed by atoms with van der Waals surface area (Å²) in [7, 11) is 3.50. The zero-order valence-electron chi connectivity index (χ0n) is 10.2. The van der Waals surface area contributed by atoms with E-state index >= 15 is 0 Å². The van der Waals surface area contributed by atoms with E-state index in [0.717, 1.165) is 5.69 Å². The van der Waals surface area contributed by atoms with Crippen LogP contribution in [-0.4, -0.2) is 29.0 Å². The summed E-state index contributed by atoms with van der Waals surface area (Å²) in [5, 5.41) is 8.82. The highest BCUT2D eigenvalue weighted by Crippen LogP contribution is 2.17. The van der Waals surface area contributed by atoms with E-state index in [9.17, 15) is 0 Å². The highest BCUT2D eigenvalue weighted by atomic mass is 15.3. The van der Waals surface area contributed by atoms with Gasteiger partial charge in [0.2, 0.25) is 17.8 Å². The third kappa shape index (κ3) is 2.76. The Hall–Kier alpha value is -2.57. The minimum Gasteiger partial charge on any atom is -0.399 e. The average molecular weight is 245 g/mol. The van der Waals surface area contributed by atoms with E-state index in [4.69, 9.17) is 5.73 Å². The third-order valence-electron chi connectivity index (χ3n) is 2.23. The fourth-order valence-electron chi connectivity index (χ4n) is 1.40. The summed E-state index contributed by atoms with van der Waals surface area (Å²) in [6.45, 7) is 0. The number of nitrogens with two attached hydrogens (primary N) is 1. The molecule has 5 N–H and O–H groups in total. The number of hydrogen-bond donors (Lipinski definition) is 4. The largest absolute Gasteiger partial charge is 0.399 e. The van der Waals surface area contributed by atoms with Crippen LogP contribution in [0.4, 0.5) is 29.2 Å². The molecule has 0 aliphatic rings. The van der Waals surface area contributed by atoms with Gasteiger partial charge in [0.1, 0.15) is 0 Å². The first-order valence-electron chi connectivity index (χ1n) is 5.45. The van der Waals surface area contributed by atoms with Crippen molar-refractivity contribution in [1.29, 1.82) is 0 Å². The summed E-state index contributed by atoms with van der Waals surface area (Å²) in [5.74, 6) is 1.42. The summed E-state index contributed by atoms with van der Waals surface area (Å²) in [6.07, 6.45) is 0. The van der Waals surface area contributed by atoms with Crippen LogP contribution in [0.25, 0.3) is 0 Å². The molecule has 0 unspecified atom stereocenters. The molecule has 0 fully saturated rings. The Bertz CT molecular complexity index is 518. The van der Waals surface area contributed by atoms with Crippen LogP contribution in [0.1, 0.15) is 0 Å². The summed E-state index contributed by atoms with van der Waals surface area (Å²) in [6, 6.07) is 7.37. The molecule has 94 valence electrons. The predicted molar refractivity (Wildman–Crippen MR) is 73.1 cm³/mol. The van der Waals surface area contributed by atoms with E-state index in [1.807, 2.05) is 24.3 Å². The number of rotatable bonds is 4. The fourth-order valence-corrected chi connectivity index (χ4v) is 1.40. The number of hydrogen-bond acceptors (Lipinski definition) is 7. The van der Waals surface area contributed by atoms with Crippen molar-refractivity contribution in [3.8, 4) is 0 Å². The Morgan fingerprint density at radius 1 is 0.944 bits per heavy atom. The van der Waals surface area contributed by atoms with Crippen molar-refractivity contribution >= 4 is 29.2 Å². The van der Waals surface area contributed by atoms with E-state index in [0.29, 0.717) is 23.5 Å². The summed E-state index contributed by atoms with van der Waals surface area (Å²) in [4.78, 5) is 12.5. The van der Waals surface area contributed by atoms with Crippen LogP contribution in [-0.2, 0) is 0 Å². The zero-order valence-corrected chi connectivity index (χ0v) is 10.2. The Morgan fingerprint density at radius 3 is 2.11 bits per heavy atom. The van der Waals surface area contributed by atoms with Gasteiger partial charge in [-0.25, -0.2) is 0 Å². The second kappa shape index (κ2) is 5.17. The highest BCUT2D eigenvalue weighted by molar-refractivity contribution is 5.60. The monoisotopic (exact) mass is 245 g/mol. The molecule has 0 amide bonds. The molecule has 2 rings (SSSR count). The summed E-state index contributed by atoms with van der Waals surface area (Å²) in [5.41, 5.74) is 7.21. The normalized spacial score (nSPS) is 9.89. The molecule has 1 aromatic carbocycles. The number of nitrogen functional groups attached to an aromatic ring is 1. The number of benzene rings is 1. The van der Waals surface area contributed by atoms with Gasteiger partial charge in [-0.3, -0.25) is 0 Å². The summed E-state index contributed by atoms with van der Waals surface area (Å²) < 4.78 is 0. The number of anilines is 5. The van der Waals surface area contributed by atoms with Gasteiger partial charge in [0, 0.05) is 25.5 Å². The molecule has 7 heteroatoms. The van der Waals surface area contributed by atoms with Crippen molar-refractivity contribution in [2.45, 2.75) is 0 Å². The van der Waals surface area contributed by atoms with E-state index in [2.05, 4.69) is 30.9 Å². The standard InChI is InChI=1S/C11H15N7/c1-13-9-16-10(14-2)18-11(17-9)15-8-5-3-4-7(12)6-8/h3-6H,12H2,1-2H3,(H3,13,14,15,16,17,18). The van der Waals surface area contributed by atoms with Gasteiger partial charge in [0.05, 0.1) is 0 Å². The fraction of sp³-hybridized carbons (Fsp3) is 0.182. The van der Waals surface area contributed by atoms with Gasteiger partial charge in [-0.1, -0.05) is 6.07 Å². The van der Waals surface area contributed by atoms with Crippen molar-refractivity contribution in [3.05, 3.63) is 24.3 Å². The van der Waals surface area contributed by atoms with Crippen LogP contribution in [0.2, 0.25) is 0 Å². The molecule has 0 saturated heterocycles. The van der Waals surface area contributed by atoms with Crippen LogP contribution < -0.4 is 21.7 Å². The quantitative estimate of drug-likeness (QED) is 0.602. The van der Waals surface area contributed by atoms with Gasteiger partial charge in [-0.05, 0) is 18.2 Å². The van der Waals surface area contributed by atoms with Crippen molar-refractivity contribution in [2.75, 3.05) is 35.8 Å². The first-order chi connectivity index (χ1) is 8.71. The molecule has 7 nitrogen and oxygen atoms in total. The molecule has 1 heterocycles. The molecule has 0 atom stereocenters. The Kier molecular flexibility index (Phi) is 3.42. The molecule has 0 aliphatic heterocycles. The van der Waals surface area contributed by atoms with Gasteiger partial charge in [-0.15, -0.1) is 0 Å². The third-order valence-corrected chi connectivity index (χ3v) is 2.23. The topological polar surface area (TPSA) is 101 Å². The first-order valence-corrected chi connectivity index (χ1v) is 5.45. The van der Waals surface area contributed by atoms with Crippen LogP contribution in [0, 0.1) is 0 Å². The van der Waals surface area contributed by atoms with Gasteiger partial charge in [-0.2, -0.15) is 15.0 Å². The lowest BCUT2D eigenvalue weighted by Gasteiger charge is -2.08. The molecule has 0 radical (unpaired) electrons. The maximum atomic E-state index is 5.71. The summed E-state index contributed by atoms with van der Waals surface area (Å²) >= 11 is 0. The number of aromatic nitrogens is 3. The number of nitrogens with zero attached hydrogens (tertiary/aromatic N) is 3. The van der Waals surface area contributed by atoms with Crippen LogP contribution in [0.5, 0.6) is 0 Å². The minimum atomic E-state index is 0.448. The SMILES string of the molecule is CNc1nc(NC)nc(Nc2cccc(N)c2)n1. The molecule has 0 spiro atoms. The smallest absolute Gasteiger partial charge is 0.233 e. The second-order valence-corrected chi connectivity index (χ2v) is 3.56. The van der Waals surface area contributed by atoms with E-state index in [1.54, 1.807) is 14.1 Å². The van der Waals surface area contributed by atoms with Gasteiger partial charge in [0.25, 0.3) is 0 Å². The zero-order chi connectivity index (χ0) is 13.0. The van der Waals surface area contributed by atoms with E-state index < -0.39 is 0 Å².